The molecular weight excluding hydrogens is 270 g/mol. The number of benzene rings is 1. The van der Waals surface area contributed by atoms with E-state index in [2.05, 4.69) is 4.98 Å². The van der Waals surface area contributed by atoms with Crippen molar-refractivity contribution >= 4 is 17.1 Å². The Hall–Kier alpha value is -2.83. The van der Waals surface area contributed by atoms with E-state index < -0.39 is 11.2 Å². The lowest BCUT2D eigenvalue weighted by Crippen LogP contribution is -2.37. The quantitative estimate of drug-likeness (QED) is 0.721. The first-order valence-corrected chi connectivity index (χ1v) is 6.46. The van der Waals surface area contributed by atoms with Crippen LogP contribution in [0.3, 0.4) is 0 Å². The Morgan fingerprint density at radius 2 is 1.76 bits per heavy atom. The maximum atomic E-state index is 12.4. The Kier molecular flexibility index (Phi) is 2.90. The summed E-state index contributed by atoms with van der Waals surface area (Å²) in [5.74, 6) is 0.215. The summed E-state index contributed by atoms with van der Waals surface area (Å²) in [5.41, 5.74) is 6.75. The lowest BCUT2D eigenvalue weighted by atomic mass is 10.2. The van der Waals surface area contributed by atoms with Crippen molar-refractivity contribution in [1.29, 1.82) is 0 Å². The molecule has 1 aromatic carbocycles. The Balaban J connectivity index is 2.32. The molecule has 2 aromatic heterocycles. The summed E-state index contributed by atoms with van der Waals surface area (Å²) in [7, 11) is 3.02. The molecule has 0 fully saturated rings. The van der Waals surface area contributed by atoms with Crippen LogP contribution in [-0.2, 0) is 20.6 Å². The minimum absolute atomic E-state index is 0.215. The van der Waals surface area contributed by atoms with Gasteiger partial charge in [-0.25, -0.2) is 4.79 Å². The standard InChI is InChI=1S/C14H15N5O2/c1-17-11-10(12(20)18(2)14(17)21)19(13(15)16-11)8-9-6-4-3-5-7-9/h3-7H,8H2,1-2H3,(H2,15,16). The molecule has 0 aliphatic carbocycles. The maximum absolute atomic E-state index is 12.4. The van der Waals surface area contributed by atoms with Crippen LogP contribution in [0.25, 0.3) is 11.2 Å². The summed E-state index contributed by atoms with van der Waals surface area (Å²) in [5, 5.41) is 0. The van der Waals surface area contributed by atoms with Crippen molar-refractivity contribution in [2.75, 3.05) is 5.73 Å². The highest BCUT2D eigenvalue weighted by atomic mass is 16.2. The molecule has 108 valence electrons. The van der Waals surface area contributed by atoms with Gasteiger partial charge in [0.25, 0.3) is 5.56 Å². The van der Waals surface area contributed by atoms with Crippen LogP contribution in [0.5, 0.6) is 0 Å². The lowest BCUT2D eigenvalue weighted by Gasteiger charge is -2.07. The molecule has 0 saturated carbocycles. The Morgan fingerprint density at radius 3 is 2.43 bits per heavy atom. The summed E-state index contributed by atoms with van der Waals surface area (Å²) in [6.07, 6.45) is 0. The van der Waals surface area contributed by atoms with Gasteiger partial charge < -0.3 is 10.3 Å². The average molecular weight is 285 g/mol. The number of fused-ring (bicyclic) bond motifs is 1. The van der Waals surface area contributed by atoms with Crippen molar-refractivity contribution in [3.8, 4) is 0 Å². The number of aryl methyl sites for hydroxylation is 1. The second kappa shape index (κ2) is 4.62. The largest absolute Gasteiger partial charge is 0.369 e. The molecule has 21 heavy (non-hydrogen) atoms. The fourth-order valence-corrected chi connectivity index (χ4v) is 2.39. The summed E-state index contributed by atoms with van der Waals surface area (Å²) in [6.45, 7) is 0.427. The van der Waals surface area contributed by atoms with Crippen molar-refractivity contribution < 1.29 is 0 Å². The number of nitrogens with zero attached hydrogens (tertiary/aromatic N) is 4. The van der Waals surface area contributed by atoms with Crippen molar-refractivity contribution in [3.63, 3.8) is 0 Å². The molecule has 3 rings (SSSR count). The molecule has 0 aliphatic rings. The molecule has 7 nitrogen and oxygen atoms in total. The molecule has 7 heteroatoms. The number of nitrogens with two attached hydrogens (primary N) is 1. The molecule has 0 unspecified atom stereocenters. The first-order chi connectivity index (χ1) is 10.0. The molecule has 0 atom stereocenters. The average Bonchev–Trinajstić information content (AvgIpc) is 2.81. The van der Waals surface area contributed by atoms with Crippen LogP contribution in [-0.4, -0.2) is 18.7 Å². The van der Waals surface area contributed by atoms with Crippen LogP contribution in [0.2, 0.25) is 0 Å². The molecule has 3 aromatic rings. The lowest BCUT2D eigenvalue weighted by molar-refractivity contribution is 0.702. The fraction of sp³-hybridized carbons (Fsp3) is 0.214. The van der Waals surface area contributed by atoms with Crippen LogP contribution in [0.15, 0.2) is 39.9 Å². The van der Waals surface area contributed by atoms with E-state index in [1.54, 1.807) is 11.6 Å². The van der Waals surface area contributed by atoms with Gasteiger partial charge in [-0.2, -0.15) is 4.98 Å². The van der Waals surface area contributed by atoms with E-state index in [1.165, 1.54) is 11.6 Å². The summed E-state index contributed by atoms with van der Waals surface area (Å²) in [6, 6.07) is 9.63. The second-order valence-electron chi connectivity index (χ2n) is 4.92. The Morgan fingerprint density at radius 1 is 1.10 bits per heavy atom. The zero-order valence-corrected chi connectivity index (χ0v) is 11.8. The number of hydrogen-bond acceptors (Lipinski definition) is 4. The summed E-state index contributed by atoms with van der Waals surface area (Å²) >= 11 is 0. The second-order valence-corrected chi connectivity index (χ2v) is 4.92. The van der Waals surface area contributed by atoms with E-state index >= 15 is 0 Å². The van der Waals surface area contributed by atoms with Gasteiger partial charge in [0.2, 0.25) is 5.95 Å². The SMILES string of the molecule is Cn1c(=O)c2c(nc(N)n2Cc2ccccc2)n(C)c1=O. The van der Waals surface area contributed by atoms with Gasteiger partial charge in [-0.15, -0.1) is 0 Å². The van der Waals surface area contributed by atoms with E-state index in [9.17, 15) is 9.59 Å². The zero-order valence-electron chi connectivity index (χ0n) is 11.8. The molecule has 0 saturated heterocycles. The molecule has 0 amide bonds. The van der Waals surface area contributed by atoms with Gasteiger partial charge >= 0.3 is 5.69 Å². The van der Waals surface area contributed by atoms with Crippen molar-refractivity contribution in [1.82, 2.24) is 18.7 Å². The molecule has 0 radical (unpaired) electrons. The predicted octanol–water partition coefficient (Wildman–Crippen LogP) is 0.0642. The minimum Gasteiger partial charge on any atom is -0.369 e. The van der Waals surface area contributed by atoms with Crippen LogP contribution >= 0.6 is 0 Å². The van der Waals surface area contributed by atoms with Gasteiger partial charge in [0.1, 0.15) is 0 Å². The highest BCUT2D eigenvalue weighted by Gasteiger charge is 2.17. The molecule has 0 bridgehead atoms. The Labute approximate surface area is 119 Å². The first kappa shape index (κ1) is 13.2. The van der Waals surface area contributed by atoms with Gasteiger partial charge in [-0.3, -0.25) is 13.9 Å². The molecule has 0 aliphatic heterocycles. The number of aromatic nitrogens is 4. The van der Waals surface area contributed by atoms with E-state index in [4.69, 9.17) is 5.73 Å². The zero-order chi connectivity index (χ0) is 15.1. The van der Waals surface area contributed by atoms with Crippen LogP contribution in [0, 0.1) is 0 Å². The van der Waals surface area contributed by atoms with Gasteiger partial charge in [0.05, 0.1) is 6.54 Å². The van der Waals surface area contributed by atoms with E-state index in [0.29, 0.717) is 17.7 Å². The third kappa shape index (κ3) is 1.94. The molecule has 2 heterocycles. The summed E-state index contributed by atoms with van der Waals surface area (Å²) < 4.78 is 4.02. The van der Waals surface area contributed by atoms with Gasteiger partial charge in [0.15, 0.2) is 11.2 Å². The summed E-state index contributed by atoms with van der Waals surface area (Å²) in [4.78, 5) is 28.4. The number of rotatable bonds is 2. The van der Waals surface area contributed by atoms with Gasteiger partial charge in [-0.1, -0.05) is 30.3 Å². The normalized spacial score (nSPS) is 11.1. The van der Waals surface area contributed by atoms with Crippen LogP contribution in [0.4, 0.5) is 5.95 Å². The highest BCUT2D eigenvalue weighted by Crippen LogP contribution is 2.15. The maximum Gasteiger partial charge on any atom is 0.332 e. The van der Waals surface area contributed by atoms with Gasteiger partial charge in [-0.05, 0) is 5.56 Å². The monoisotopic (exact) mass is 285 g/mol. The van der Waals surface area contributed by atoms with E-state index in [0.717, 1.165) is 10.1 Å². The van der Waals surface area contributed by atoms with Crippen molar-refractivity contribution in [3.05, 3.63) is 56.7 Å². The molecule has 2 N–H and O–H groups in total. The third-order valence-corrected chi connectivity index (χ3v) is 3.56. The van der Waals surface area contributed by atoms with E-state index in [-0.39, 0.29) is 5.95 Å². The van der Waals surface area contributed by atoms with Crippen LogP contribution in [0.1, 0.15) is 5.56 Å². The predicted molar refractivity (Wildman–Crippen MR) is 80.2 cm³/mol. The Bertz CT molecular complexity index is 934. The first-order valence-electron chi connectivity index (χ1n) is 6.46. The van der Waals surface area contributed by atoms with E-state index in [1.807, 2.05) is 30.3 Å². The highest BCUT2D eigenvalue weighted by molar-refractivity contribution is 5.73. The van der Waals surface area contributed by atoms with Gasteiger partial charge in [0, 0.05) is 14.1 Å². The molecule has 0 spiro atoms. The number of imidazole rings is 1. The topological polar surface area (TPSA) is 87.8 Å². The smallest absolute Gasteiger partial charge is 0.332 e. The van der Waals surface area contributed by atoms with Crippen molar-refractivity contribution in [2.24, 2.45) is 14.1 Å². The van der Waals surface area contributed by atoms with Crippen LogP contribution < -0.4 is 17.0 Å². The third-order valence-electron chi connectivity index (χ3n) is 3.56. The number of nitrogen functional groups attached to an aromatic ring is 1. The van der Waals surface area contributed by atoms with Crippen molar-refractivity contribution in [2.45, 2.75) is 6.54 Å². The fourth-order valence-electron chi connectivity index (χ4n) is 2.39. The number of hydrogen-bond donors (Lipinski definition) is 1. The number of anilines is 1. The minimum atomic E-state index is -0.420. The molecular formula is C14H15N5O2.